The average molecular weight is 394 g/mol. The lowest BCUT2D eigenvalue weighted by atomic mass is 10.3. The Labute approximate surface area is 158 Å². The van der Waals surface area contributed by atoms with Crippen LogP contribution < -0.4 is 0 Å². The van der Waals surface area contributed by atoms with Gasteiger partial charge in [-0.2, -0.15) is 0 Å². The van der Waals surface area contributed by atoms with E-state index in [1.54, 1.807) is 34.1 Å². The van der Waals surface area contributed by atoms with Gasteiger partial charge in [0.05, 0.1) is 0 Å². The van der Waals surface area contributed by atoms with Gasteiger partial charge < -0.3 is 9.80 Å². The number of carbonyl (C=O) groups excluding carboxylic acids is 2. The van der Waals surface area contributed by atoms with Crippen LogP contribution in [0, 0.1) is 11.6 Å². The van der Waals surface area contributed by atoms with E-state index in [1.807, 2.05) is 0 Å². The van der Waals surface area contributed by atoms with Crippen LogP contribution in [-0.4, -0.2) is 46.5 Å². The Hall–Kier alpha value is -2.06. The second-order valence-corrected chi connectivity index (χ2v) is 7.67. The van der Waals surface area contributed by atoms with Crippen molar-refractivity contribution in [2.75, 3.05) is 26.2 Å². The van der Waals surface area contributed by atoms with Crippen LogP contribution in [0.5, 0.6) is 0 Å². The van der Waals surface area contributed by atoms with Crippen molar-refractivity contribution in [3.8, 4) is 0 Å². The van der Waals surface area contributed by atoms with Gasteiger partial charge in [0, 0.05) is 36.0 Å². The molecule has 0 bridgehead atoms. The average Bonchev–Trinajstić information content (AvgIpc) is 2.65. The topological polar surface area (TPSA) is 40.6 Å². The first kappa shape index (κ1) is 18.7. The van der Waals surface area contributed by atoms with Crippen molar-refractivity contribution in [2.45, 2.75) is 9.79 Å². The molecular weight excluding hydrogens is 378 g/mol. The molecule has 136 valence electrons. The molecule has 0 radical (unpaired) electrons. The van der Waals surface area contributed by atoms with Gasteiger partial charge >= 0.3 is 0 Å². The van der Waals surface area contributed by atoms with Gasteiger partial charge in [-0.05, 0) is 72.1 Å². The van der Waals surface area contributed by atoms with Crippen molar-refractivity contribution < 1.29 is 18.4 Å². The van der Waals surface area contributed by atoms with E-state index in [4.69, 9.17) is 0 Å². The van der Waals surface area contributed by atoms with E-state index >= 15 is 0 Å². The highest BCUT2D eigenvalue weighted by Crippen LogP contribution is 2.25. The molecule has 2 aromatic rings. The number of amides is 2. The Kier molecular flexibility index (Phi) is 6.16. The van der Waals surface area contributed by atoms with E-state index in [9.17, 15) is 18.4 Å². The summed E-state index contributed by atoms with van der Waals surface area (Å²) in [6, 6.07) is 11.5. The Balaban J connectivity index is 1.48. The van der Waals surface area contributed by atoms with Crippen LogP contribution in [-0.2, 0) is 0 Å². The van der Waals surface area contributed by atoms with Gasteiger partial charge in [-0.15, -0.1) is 0 Å². The van der Waals surface area contributed by atoms with Crippen LogP contribution in [0.1, 0.15) is 0 Å². The number of halogens is 2. The maximum absolute atomic E-state index is 12.9. The fraction of sp³-hybridized carbons (Fsp3) is 0.222. The van der Waals surface area contributed by atoms with Gasteiger partial charge in [-0.1, -0.05) is 0 Å². The Morgan fingerprint density at radius 1 is 0.654 bits per heavy atom. The molecule has 1 heterocycles. The van der Waals surface area contributed by atoms with Crippen molar-refractivity contribution in [2.24, 2.45) is 0 Å². The minimum Gasteiger partial charge on any atom is -0.330 e. The third kappa shape index (κ3) is 4.98. The van der Waals surface area contributed by atoms with E-state index < -0.39 is 0 Å². The third-order valence-corrected chi connectivity index (χ3v) is 5.72. The predicted molar refractivity (Wildman–Crippen MR) is 98.5 cm³/mol. The van der Waals surface area contributed by atoms with Gasteiger partial charge in [0.15, 0.2) is 0 Å². The number of carbonyl (C=O) groups is 2. The second-order valence-electron chi connectivity index (χ2n) is 5.62. The van der Waals surface area contributed by atoms with Crippen molar-refractivity contribution in [1.82, 2.24) is 9.80 Å². The fourth-order valence-corrected chi connectivity index (χ4v) is 3.98. The maximum Gasteiger partial charge on any atom is 0.286 e. The number of nitrogens with zero attached hydrogens (tertiary/aromatic N) is 2. The standard InChI is InChI=1S/C18H16F2N2O2S2/c19-13-1-5-15(6-2-13)25-17(23)21-9-11-22(12-10-21)18(24)26-16-7-3-14(20)4-8-16/h1-8H,9-12H2. The van der Waals surface area contributed by atoms with Crippen molar-refractivity contribution in [1.29, 1.82) is 0 Å². The molecule has 0 saturated carbocycles. The van der Waals surface area contributed by atoms with E-state index in [0.29, 0.717) is 36.0 Å². The number of hydrogen-bond donors (Lipinski definition) is 0. The Morgan fingerprint density at radius 2 is 0.962 bits per heavy atom. The first-order valence-electron chi connectivity index (χ1n) is 7.96. The van der Waals surface area contributed by atoms with Gasteiger partial charge in [0.2, 0.25) is 0 Å². The molecule has 26 heavy (non-hydrogen) atoms. The minimum absolute atomic E-state index is 0.116. The summed E-state index contributed by atoms with van der Waals surface area (Å²) in [5.41, 5.74) is 0. The van der Waals surface area contributed by atoms with Gasteiger partial charge in [-0.3, -0.25) is 9.59 Å². The van der Waals surface area contributed by atoms with Gasteiger partial charge in [0.25, 0.3) is 10.5 Å². The van der Waals surface area contributed by atoms with Crippen LogP contribution in [0.4, 0.5) is 18.4 Å². The largest absolute Gasteiger partial charge is 0.330 e. The lowest BCUT2D eigenvalue weighted by Crippen LogP contribution is -2.48. The van der Waals surface area contributed by atoms with Crippen LogP contribution in [0.2, 0.25) is 0 Å². The second kappa shape index (κ2) is 8.55. The highest BCUT2D eigenvalue weighted by Gasteiger charge is 2.25. The number of benzene rings is 2. The summed E-state index contributed by atoms with van der Waals surface area (Å²) in [4.78, 5) is 29.3. The summed E-state index contributed by atoms with van der Waals surface area (Å²) >= 11 is 2.10. The maximum atomic E-state index is 12.9. The van der Waals surface area contributed by atoms with E-state index in [2.05, 4.69) is 0 Å². The van der Waals surface area contributed by atoms with Crippen molar-refractivity contribution in [3.05, 3.63) is 60.2 Å². The molecule has 0 spiro atoms. The summed E-state index contributed by atoms with van der Waals surface area (Å²) in [6.45, 7) is 1.79. The molecule has 3 rings (SSSR count). The van der Waals surface area contributed by atoms with Crippen LogP contribution in [0.15, 0.2) is 58.3 Å². The van der Waals surface area contributed by atoms with Crippen molar-refractivity contribution in [3.63, 3.8) is 0 Å². The summed E-state index contributed by atoms with van der Waals surface area (Å²) in [7, 11) is 0. The summed E-state index contributed by atoms with van der Waals surface area (Å²) in [5, 5.41) is -0.232. The van der Waals surface area contributed by atoms with Crippen molar-refractivity contribution >= 4 is 34.0 Å². The zero-order valence-electron chi connectivity index (χ0n) is 13.7. The summed E-state index contributed by atoms with van der Waals surface area (Å²) in [5.74, 6) is -0.680. The monoisotopic (exact) mass is 394 g/mol. The SMILES string of the molecule is O=C(Sc1ccc(F)cc1)N1CCN(C(=O)Sc2ccc(F)cc2)CC1. The number of piperazine rings is 1. The van der Waals surface area contributed by atoms with Gasteiger partial charge in [0.1, 0.15) is 11.6 Å². The van der Waals surface area contributed by atoms with E-state index in [1.165, 1.54) is 24.3 Å². The molecule has 4 nitrogen and oxygen atoms in total. The van der Waals surface area contributed by atoms with Gasteiger partial charge in [-0.25, -0.2) is 8.78 Å². The zero-order valence-corrected chi connectivity index (χ0v) is 15.4. The lowest BCUT2D eigenvalue weighted by Gasteiger charge is -2.34. The number of thioether (sulfide) groups is 2. The molecule has 1 saturated heterocycles. The Bertz CT molecular complexity index is 709. The third-order valence-electron chi connectivity index (χ3n) is 3.83. The van der Waals surface area contributed by atoms with E-state index in [0.717, 1.165) is 23.5 Å². The van der Waals surface area contributed by atoms with Crippen LogP contribution in [0.3, 0.4) is 0 Å². The molecule has 0 unspecified atom stereocenters. The van der Waals surface area contributed by atoms with E-state index in [-0.39, 0.29) is 22.1 Å². The normalized spacial score (nSPS) is 14.4. The number of hydrogen-bond acceptors (Lipinski definition) is 4. The first-order valence-corrected chi connectivity index (χ1v) is 9.59. The molecular formula is C18H16F2N2O2S2. The molecule has 1 aliphatic heterocycles. The molecule has 0 N–H and O–H groups in total. The molecule has 1 aliphatic rings. The minimum atomic E-state index is -0.340. The smallest absolute Gasteiger partial charge is 0.286 e. The molecule has 2 aromatic carbocycles. The molecule has 0 atom stereocenters. The summed E-state index contributed by atoms with van der Waals surface area (Å²) in [6.07, 6.45) is 0. The molecule has 8 heteroatoms. The van der Waals surface area contributed by atoms with Crippen LogP contribution >= 0.6 is 23.5 Å². The molecule has 1 fully saturated rings. The fourth-order valence-electron chi connectivity index (χ4n) is 2.41. The highest BCUT2D eigenvalue weighted by atomic mass is 32.2. The lowest BCUT2D eigenvalue weighted by molar-refractivity contribution is 0.168. The Morgan fingerprint density at radius 3 is 1.27 bits per heavy atom. The quantitative estimate of drug-likeness (QED) is 0.692. The molecule has 0 aliphatic carbocycles. The van der Waals surface area contributed by atoms with Crippen LogP contribution in [0.25, 0.3) is 0 Å². The molecule has 0 aromatic heterocycles. The predicted octanol–water partition coefficient (Wildman–Crippen LogP) is 4.71. The highest BCUT2D eigenvalue weighted by molar-refractivity contribution is 8.13. The molecule has 2 amide bonds. The first-order chi connectivity index (χ1) is 12.5. The number of rotatable bonds is 2. The summed E-state index contributed by atoms with van der Waals surface area (Å²) < 4.78 is 25.8. The zero-order chi connectivity index (χ0) is 18.5.